The summed E-state index contributed by atoms with van der Waals surface area (Å²) >= 11 is 0. The van der Waals surface area contributed by atoms with Gasteiger partial charge < -0.3 is 10.0 Å². The molecule has 0 radical (unpaired) electrons. The Balaban J connectivity index is 2.04. The summed E-state index contributed by atoms with van der Waals surface area (Å²) in [5.41, 5.74) is 0.0860. The van der Waals surface area contributed by atoms with Gasteiger partial charge in [-0.25, -0.2) is 4.79 Å². The molecule has 4 nitrogen and oxygen atoms in total. The summed E-state index contributed by atoms with van der Waals surface area (Å²) < 4.78 is 0. The fourth-order valence-corrected chi connectivity index (χ4v) is 2.38. The van der Waals surface area contributed by atoms with E-state index in [2.05, 4.69) is 13.8 Å². The second-order valence-corrected chi connectivity index (χ2v) is 5.27. The number of hydrogen-bond acceptors (Lipinski definition) is 2. The van der Waals surface area contributed by atoms with Crippen molar-refractivity contribution in [3.8, 4) is 0 Å². The van der Waals surface area contributed by atoms with Gasteiger partial charge in [-0.3, -0.25) is 4.79 Å². The van der Waals surface area contributed by atoms with Crippen LogP contribution in [0.25, 0.3) is 0 Å². The second kappa shape index (κ2) is 3.22. The number of aliphatic carboxylic acids is 1. The molecule has 84 valence electrons. The molecular weight excluding hydrogens is 194 g/mol. The van der Waals surface area contributed by atoms with Crippen molar-refractivity contribution in [1.82, 2.24) is 4.90 Å². The maximum absolute atomic E-state index is 12.0. The van der Waals surface area contributed by atoms with Crippen LogP contribution < -0.4 is 0 Å². The van der Waals surface area contributed by atoms with Gasteiger partial charge in [0.05, 0.1) is 0 Å². The van der Waals surface area contributed by atoms with Gasteiger partial charge in [0.25, 0.3) is 0 Å². The fourth-order valence-electron chi connectivity index (χ4n) is 2.38. The molecule has 0 spiro atoms. The van der Waals surface area contributed by atoms with Gasteiger partial charge in [-0.1, -0.05) is 13.8 Å². The second-order valence-electron chi connectivity index (χ2n) is 5.27. The van der Waals surface area contributed by atoms with Gasteiger partial charge in [0.15, 0.2) is 0 Å². The van der Waals surface area contributed by atoms with E-state index in [-0.39, 0.29) is 17.2 Å². The van der Waals surface area contributed by atoms with Crippen molar-refractivity contribution in [2.24, 2.45) is 11.3 Å². The average Bonchev–Trinajstić information content (AvgIpc) is 2.65. The molecular formula is C11H17NO3. The highest BCUT2D eigenvalue weighted by atomic mass is 16.4. The number of carboxylic acid groups (broad SMARTS) is 1. The minimum atomic E-state index is -0.862. The van der Waals surface area contributed by atoms with E-state index >= 15 is 0 Å². The molecule has 0 aromatic carbocycles. The molecule has 1 amide bonds. The first-order valence-corrected chi connectivity index (χ1v) is 5.47. The summed E-state index contributed by atoms with van der Waals surface area (Å²) in [5.74, 6) is -0.762. The van der Waals surface area contributed by atoms with E-state index in [1.165, 1.54) is 0 Å². The van der Waals surface area contributed by atoms with Crippen LogP contribution in [0.1, 0.15) is 33.1 Å². The zero-order valence-corrected chi connectivity index (χ0v) is 9.19. The van der Waals surface area contributed by atoms with Crippen molar-refractivity contribution in [2.75, 3.05) is 6.54 Å². The van der Waals surface area contributed by atoms with Crippen LogP contribution in [0.15, 0.2) is 0 Å². The van der Waals surface area contributed by atoms with Crippen molar-refractivity contribution in [2.45, 2.75) is 39.2 Å². The quantitative estimate of drug-likeness (QED) is 0.744. The van der Waals surface area contributed by atoms with Gasteiger partial charge in [0, 0.05) is 12.5 Å². The third-order valence-corrected chi connectivity index (χ3v) is 3.63. The Morgan fingerprint density at radius 3 is 2.47 bits per heavy atom. The first-order valence-electron chi connectivity index (χ1n) is 5.47. The monoisotopic (exact) mass is 211 g/mol. The molecule has 1 aliphatic carbocycles. The minimum Gasteiger partial charge on any atom is -0.480 e. The van der Waals surface area contributed by atoms with E-state index in [9.17, 15) is 9.59 Å². The largest absolute Gasteiger partial charge is 0.480 e. The predicted octanol–water partition coefficient (Wildman–Crippen LogP) is 1.11. The van der Waals surface area contributed by atoms with Crippen LogP contribution in [-0.2, 0) is 9.59 Å². The molecule has 2 atom stereocenters. The summed E-state index contributed by atoms with van der Waals surface area (Å²) in [6.07, 6.45) is 2.32. The Labute approximate surface area is 89.3 Å². The molecule has 1 aliphatic heterocycles. The fraction of sp³-hybridized carbons (Fsp3) is 0.818. The summed E-state index contributed by atoms with van der Waals surface area (Å²) in [5, 5.41) is 8.97. The summed E-state index contributed by atoms with van der Waals surface area (Å²) in [4.78, 5) is 24.5. The maximum Gasteiger partial charge on any atom is 0.326 e. The first kappa shape index (κ1) is 10.5. The van der Waals surface area contributed by atoms with E-state index in [1.54, 1.807) is 4.90 Å². The van der Waals surface area contributed by atoms with Gasteiger partial charge in [0.2, 0.25) is 5.91 Å². The molecule has 4 heteroatoms. The van der Waals surface area contributed by atoms with Gasteiger partial charge in [-0.05, 0) is 24.7 Å². The topological polar surface area (TPSA) is 57.6 Å². The molecule has 2 rings (SSSR count). The SMILES string of the molecule is CC1(C)CC1C(=O)N1CCC[C@H]1C(=O)O. The summed E-state index contributed by atoms with van der Waals surface area (Å²) in [7, 11) is 0. The van der Waals surface area contributed by atoms with Crippen molar-refractivity contribution < 1.29 is 14.7 Å². The van der Waals surface area contributed by atoms with Crippen molar-refractivity contribution in [3.05, 3.63) is 0 Å². The molecule has 0 bridgehead atoms. The zero-order chi connectivity index (χ0) is 11.2. The number of carbonyl (C=O) groups excluding carboxylic acids is 1. The third-order valence-electron chi connectivity index (χ3n) is 3.63. The van der Waals surface area contributed by atoms with Gasteiger partial charge in [-0.15, -0.1) is 0 Å². The molecule has 1 saturated carbocycles. The molecule has 1 N–H and O–H groups in total. The van der Waals surface area contributed by atoms with Crippen molar-refractivity contribution in [3.63, 3.8) is 0 Å². The van der Waals surface area contributed by atoms with Crippen molar-refractivity contribution in [1.29, 1.82) is 0 Å². The normalized spacial score (nSPS) is 32.8. The number of likely N-dealkylation sites (tertiary alicyclic amines) is 1. The van der Waals surface area contributed by atoms with Crippen molar-refractivity contribution >= 4 is 11.9 Å². The Morgan fingerprint density at radius 2 is 2.00 bits per heavy atom. The summed E-state index contributed by atoms with van der Waals surface area (Å²) in [6, 6.07) is -0.575. The predicted molar refractivity (Wildman–Crippen MR) is 54.3 cm³/mol. The zero-order valence-electron chi connectivity index (χ0n) is 9.19. The lowest BCUT2D eigenvalue weighted by molar-refractivity contribution is -0.149. The molecule has 2 fully saturated rings. The highest BCUT2D eigenvalue weighted by Crippen LogP contribution is 2.52. The maximum atomic E-state index is 12.0. The smallest absolute Gasteiger partial charge is 0.326 e. The van der Waals surface area contributed by atoms with Gasteiger partial charge in [0.1, 0.15) is 6.04 Å². The lowest BCUT2D eigenvalue weighted by atomic mass is 10.1. The van der Waals surface area contributed by atoms with E-state index < -0.39 is 12.0 Å². The Bertz CT molecular complexity index is 311. The molecule has 0 aromatic rings. The standard InChI is InChI=1S/C11H17NO3/c1-11(2)6-7(11)9(13)12-5-3-4-8(12)10(14)15/h7-8H,3-6H2,1-2H3,(H,14,15)/t7?,8-/m0/s1. The molecule has 15 heavy (non-hydrogen) atoms. The summed E-state index contributed by atoms with van der Waals surface area (Å²) in [6.45, 7) is 4.73. The van der Waals surface area contributed by atoms with Gasteiger partial charge >= 0.3 is 5.97 Å². The van der Waals surface area contributed by atoms with Crippen LogP contribution in [0.2, 0.25) is 0 Å². The molecule has 0 aromatic heterocycles. The Hall–Kier alpha value is -1.06. The molecule has 2 aliphatic rings. The van der Waals surface area contributed by atoms with E-state index in [0.29, 0.717) is 13.0 Å². The number of nitrogens with zero attached hydrogens (tertiary/aromatic N) is 1. The van der Waals surface area contributed by atoms with E-state index in [4.69, 9.17) is 5.11 Å². The van der Waals surface area contributed by atoms with Crippen LogP contribution in [0.3, 0.4) is 0 Å². The minimum absolute atomic E-state index is 0.0462. The highest BCUT2D eigenvalue weighted by Gasteiger charge is 2.53. The van der Waals surface area contributed by atoms with Crippen LogP contribution >= 0.6 is 0 Å². The Kier molecular flexibility index (Phi) is 2.24. The highest BCUT2D eigenvalue weighted by molar-refractivity contribution is 5.87. The number of rotatable bonds is 2. The number of hydrogen-bond donors (Lipinski definition) is 1. The average molecular weight is 211 g/mol. The molecule has 1 heterocycles. The van der Waals surface area contributed by atoms with E-state index in [1.807, 2.05) is 0 Å². The van der Waals surface area contributed by atoms with Crippen LogP contribution in [0, 0.1) is 11.3 Å². The molecule has 1 saturated heterocycles. The van der Waals surface area contributed by atoms with Crippen LogP contribution in [0.4, 0.5) is 0 Å². The lowest BCUT2D eigenvalue weighted by Gasteiger charge is -2.22. The van der Waals surface area contributed by atoms with E-state index in [0.717, 1.165) is 12.8 Å². The number of amides is 1. The van der Waals surface area contributed by atoms with Gasteiger partial charge in [-0.2, -0.15) is 0 Å². The molecule has 1 unspecified atom stereocenters. The Morgan fingerprint density at radius 1 is 1.40 bits per heavy atom. The third kappa shape index (κ3) is 1.73. The van der Waals surface area contributed by atoms with Crippen LogP contribution in [-0.4, -0.2) is 34.5 Å². The first-order chi connectivity index (χ1) is 6.93. The lowest BCUT2D eigenvalue weighted by Crippen LogP contribution is -2.41. The number of carbonyl (C=O) groups is 2. The number of carboxylic acids is 1. The van der Waals surface area contributed by atoms with Crippen LogP contribution in [0.5, 0.6) is 0 Å².